The molecule has 0 aromatic carbocycles. The van der Waals surface area contributed by atoms with E-state index in [2.05, 4.69) is 5.16 Å². The lowest BCUT2D eigenvalue weighted by Gasteiger charge is -2.39. The largest absolute Gasteiger partial charge is 0.409 e. The number of carbonyl (C=O) groups excluding carboxylic acids is 1. The second-order valence-corrected chi connectivity index (χ2v) is 4.70. The number of carbonyl (C=O) groups is 1. The number of amidine groups is 1. The number of hydrogen-bond donors (Lipinski definition) is 2. The van der Waals surface area contributed by atoms with Crippen LogP contribution in [0.25, 0.3) is 0 Å². The third-order valence-electron chi connectivity index (χ3n) is 3.70. The Balaban J connectivity index is 2.06. The summed E-state index contributed by atoms with van der Waals surface area (Å²) in [5.74, 6) is 0.557. The SMILES string of the molecule is NC(=NO)C1CCCCN1C(=O)C1CCC1. The quantitative estimate of drug-likeness (QED) is 0.317. The van der Waals surface area contributed by atoms with Crippen molar-refractivity contribution < 1.29 is 10.0 Å². The van der Waals surface area contributed by atoms with Crippen molar-refractivity contribution >= 4 is 11.7 Å². The number of oxime groups is 1. The van der Waals surface area contributed by atoms with Gasteiger partial charge in [-0.3, -0.25) is 4.79 Å². The summed E-state index contributed by atoms with van der Waals surface area (Å²) in [6, 6.07) is -0.188. The van der Waals surface area contributed by atoms with Crippen LogP contribution in [0.1, 0.15) is 38.5 Å². The molecule has 0 radical (unpaired) electrons. The molecule has 1 aliphatic carbocycles. The molecule has 2 rings (SSSR count). The standard InChI is InChI=1S/C11H19N3O2/c12-10(13-16)9-6-1-2-7-14(9)11(15)8-4-3-5-8/h8-9,16H,1-7H2,(H2,12,13). The highest BCUT2D eigenvalue weighted by molar-refractivity contribution is 5.91. The van der Waals surface area contributed by atoms with Crippen molar-refractivity contribution in [2.24, 2.45) is 16.8 Å². The van der Waals surface area contributed by atoms with Gasteiger partial charge in [0.2, 0.25) is 5.91 Å². The van der Waals surface area contributed by atoms with Crippen LogP contribution >= 0.6 is 0 Å². The number of amides is 1. The predicted octanol–water partition coefficient (Wildman–Crippen LogP) is 0.914. The molecule has 1 amide bonds. The molecule has 5 heteroatoms. The first-order valence-electron chi connectivity index (χ1n) is 6.02. The summed E-state index contributed by atoms with van der Waals surface area (Å²) in [6.45, 7) is 0.746. The van der Waals surface area contributed by atoms with Gasteiger partial charge in [0.25, 0.3) is 0 Å². The van der Waals surface area contributed by atoms with Gasteiger partial charge in [0.05, 0.1) is 6.04 Å². The van der Waals surface area contributed by atoms with Gasteiger partial charge >= 0.3 is 0 Å². The van der Waals surface area contributed by atoms with Crippen LogP contribution in [0.2, 0.25) is 0 Å². The van der Waals surface area contributed by atoms with Crippen LogP contribution in [0, 0.1) is 5.92 Å². The van der Waals surface area contributed by atoms with E-state index in [0.717, 1.165) is 45.1 Å². The number of rotatable bonds is 2. The van der Waals surface area contributed by atoms with Gasteiger partial charge in [-0.05, 0) is 32.1 Å². The topological polar surface area (TPSA) is 78.9 Å². The van der Waals surface area contributed by atoms with E-state index in [1.165, 1.54) is 0 Å². The molecule has 1 atom stereocenters. The average molecular weight is 225 g/mol. The fourth-order valence-electron chi connectivity index (χ4n) is 2.46. The first-order chi connectivity index (χ1) is 7.74. The summed E-state index contributed by atoms with van der Waals surface area (Å²) in [6.07, 6.45) is 6.02. The predicted molar refractivity (Wildman–Crippen MR) is 60.1 cm³/mol. The molecule has 2 fully saturated rings. The normalized spacial score (nSPS) is 27.6. The second-order valence-electron chi connectivity index (χ2n) is 4.70. The highest BCUT2D eigenvalue weighted by Gasteiger charge is 2.35. The molecule has 0 aromatic rings. The van der Waals surface area contributed by atoms with Crippen LogP contribution in [0.3, 0.4) is 0 Å². The molecule has 16 heavy (non-hydrogen) atoms. The van der Waals surface area contributed by atoms with E-state index in [1.54, 1.807) is 0 Å². The first-order valence-corrected chi connectivity index (χ1v) is 6.02. The third kappa shape index (κ3) is 1.99. The minimum absolute atomic E-state index is 0.173. The van der Waals surface area contributed by atoms with Gasteiger partial charge in [0.1, 0.15) is 0 Å². The molecule has 0 spiro atoms. The van der Waals surface area contributed by atoms with E-state index in [9.17, 15) is 4.79 Å². The van der Waals surface area contributed by atoms with E-state index >= 15 is 0 Å². The Kier molecular flexibility index (Phi) is 3.31. The summed E-state index contributed by atoms with van der Waals surface area (Å²) >= 11 is 0. The Hall–Kier alpha value is -1.26. The van der Waals surface area contributed by atoms with Gasteiger partial charge in [-0.1, -0.05) is 11.6 Å². The zero-order chi connectivity index (χ0) is 11.5. The maximum absolute atomic E-state index is 12.1. The zero-order valence-electron chi connectivity index (χ0n) is 9.43. The molecule has 1 heterocycles. The van der Waals surface area contributed by atoms with Crippen molar-refractivity contribution in [2.45, 2.75) is 44.6 Å². The van der Waals surface area contributed by atoms with Gasteiger partial charge in [-0.2, -0.15) is 0 Å². The average Bonchev–Trinajstić information content (AvgIpc) is 2.25. The van der Waals surface area contributed by atoms with Crippen molar-refractivity contribution in [3.63, 3.8) is 0 Å². The Morgan fingerprint density at radius 3 is 2.56 bits per heavy atom. The van der Waals surface area contributed by atoms with E-state index in [-0.39, 0.29) is 23.7 Å². The number of piperidine rings is 1. The zero-order valence-corrected chi connectivity index (χ0v) is 9.43. The Bertz CT molecular complexity index is 300. The summed E-state index contributed by atoms with van der Waals surface area (Å²) in [5.41, 5.74) is 5.64. The Morgan fingerprint density at radius 1 is 1.25 bits per heavy atom. The second kappa shape index (κ2) is 4.72. The van der Waals surface area contributed by atoms with Gasteiger partial charge in [0.15, 0.2) is 5.84 Å². The fourth-order valence-corrected chi connectivity index (χ4v) is 2.46. The molecule has 1 saturated heterocycles. The minimum atomic E-state index is -0.188. The summed E-state index contributed by atoms with van der Waals surface area (Å²) < 4.78 is 0. The summed E-state index contributed by atoms with van der Waals surface area (Å²) in [7, 11) is 0. The number of nitrogens with zero attached hydrogens (tertiary/aromatic N) is 2. The van der Waals surface area contributed by atoms with Crippen LogP contribution in [-0.2, 0) is 4.79 Å². The molecule has 5 nitrogen and oxygen atoms in total. The van der Waals surface area contributed by atoms with E-state index in [4.69, 9.17) is 10.9 Å². The highest BCUT2D eigenvalue weighted by Crippen LogP contribution is 2.30. The van der Waals surface area contributed by atoms with Crippen LogP contribution in [0.5, 0.6) is 0 Å². The number of likely N-dealkylation sites (tertiary alicyclic amines) is 1. The molecular formula is C11H19N3O2. The lowest BCUT2D eigenvalue weighted by molar-refractivity contribution is -0.140. The Labute approximate surface area is 95.3 Å². The molecule has 1 unspecified atom stereocenters. The van der Waals surface area contributed by atoms with Gasteiger partial charge in [-0.25, -0.2) is 0 Å². The van der Waals surface area contributed by atoms with E-state index in [1.807, 2.05) is 4.90 Å². The summed E-state index contributed by atoms with van der Waals surface area (Å²) in [4.78, 5) is 14.0. The summed E-state index contributed by atoms with van der Waals surface area (Å²) in [5, 5.41) is 11.8. The van der Waals surface area contributed by atoms with Crippen LogP contribution in [-0.4, -0.2) is 34.4 Å². The van der Waals surface area contributed by atoms with Gasteiger partial charge in [0, 0.05) is 12.5 Å². The Morgan fingerprint density at radius 2 is 2.00 bits per heavy atom. The molecule has 2 aliphatic rings. The minimum Gasteiger partial charge on any atom is -0.409 e. The molecular weight excluding hydrogens is 206 g/mol. The van der Waals surface area contributed by atoms with Crippen LogP contribution in [0.4, 0.5) is 0 Å². The molecule has 1 saturated carbocycles. The molecule has 0 bridgehead atoms. The van der Waals surface area contributed by atoms with Crippen molar-refractivity contribution in [1.29, 1.82) is 0 Å². The highest BCUT2D eigenvalue weighted by atomic mass is 16.4. The lowest BCUT2D eigenvalue weighted by Crippen LogP contribution is -2.53. The lowest BCUT2D eigenvalue weighted by atomic mass is 9.83. The molecule has 0 aromatic heterocycles. The monoisotopic (exact) mass is 225 g/mol. The molecule has 90 valence electrons. The number of nitrogens with two attached hydrogens (primary N) is 1. The van der Waals surface area contributed by atoms with Crippen molar-refractivity contribution in [3.05, 3.63) is 0 Å². The van der Waals surface area contributed by atoms with Crippen molar-refractivity contribution in [1.82, 2.24) is 4.90 Å². The fraction of sp³-hybridized carbons (Fsp3) is 0.818. The van der Waals surface area contributed by atoms with Crippen LogP contribution < -0.4 is 5.73 Å². The molecule has 3 N–H and O–H groups in total. The first kappa shape index (κ1) is 11.2. The maximum Gasteiger partial charge on any atom is 0.226 e. The van der Waals surface area contributed by atoms with Crippen LogP contribution in [0.15, 0.2) is 5.16 Å². The molecule has 1 aliphatic heterocycles. The number of hydrogen-bond acceptors (Lipinski definition) is 3. The van der Waals surface area contributed by atoms with Crippen molar-refractivity contribution in [2.75, 3.05) is 6.54 Å². The van der Waals surface area contributed by atoms with Crippen molar-refractivity contribution in [3.8, 4) is 0 Å². The smallest absolute Gasteiger partial charge is 0.226 e. The van der Waals surface area contributed by atoms with E-state index < -0.39 is 0 Å². The maximum atomic E-state index is 12.1. The van der Waals surface area contributed by atoms with Gasteiger partial charge in [-0.15, -0.1) is 0 Å². The van der Waals surface area contributed by atoms with E-state index in [0.29, 0.717) is 0 Å². The van der Waals surface area contributed by atoms with Gasteiger partial charge < -0.3 is 15.8 Å². The third-order valence-corrected chi connectivity index (χ3v) is 3.70.